The highest BCUT2D eigenvalue weighted by Crippen LogP contribution is 2.47. The Kier molecular flexibility index (Phi) is 4.08. The first-order valence-corrected chi connectivity index (χ1v) is 6.31. The highest BCUT2D eigenvalue weighted by molar-refractivity contribution is 5.69. The Morgan fingerprint density at radius 3 is 2.57 bits per heavy atom. The number of rotatable bonds is 4. The van der Waals surface area contributed by atoms with Gasteiger partial charge < -0.3 is 15.8 Å². The van der Waals surface area contributed by atoms with Crippen LogP contribution < -0.4 is 11.1 Å². The minimum atomic E-state index is -4.78. The van der Waals surface area contributed by atoms with Crippen LogP contribution in [-0.4, -0.2) is 19.2 Å². The van der Waals surface area contributed by atoms with Crippen LogP contribution in [0, 0.1) is 5.82 Å². The number of amides is 1. The Morgan fingerprint density at radius 1 is 1.38 bits per heavy atom. The lowest BCUT2D eigenvalue weighted by atomic mass is 10.0. The fraction of sp³-hybridized carbons (Fsp3) is 0.462. The maximum atomic E-state index is 13.3. The average Bonchev–Trinajstić information content (AvgIpc) is 3.16. The van der Waals surface area contributed by atoms with Crippen LogP contribution in [0.15, 0.2) is 18.2 Å². The van der Waals surface area contributed by atoms with Crippen LogP contribution in [0.5, 0.6) is 0 Å². The molecule has 1 amide bonds. The van der Waals surface area contributed by atoms with Gasteiger partial charge in [-0.1, -0.05) is 6.07 Å². The normalized spacial score (nSPS) is 16.4. The molecule has 0 aromatic heterocycles. The number of hydrogen-bond acceptors (Lipinski definition) is 3. The molecule has 2 rings (SSSR count). The van der Waals surface area contributed by atoms with Crippen LogP contribution in [0.1, 0.15) is 24.0 Å². The SMILES string of the molecule is NCCOC(=O)NC1(c2ccc(F)c(C(F)(F)F)c2)CC1. The van der Waals surface area contributed by atoms with Crippen molar-refractivity contribution in [1.82, 2.24) is 5.32 Å². The molecular formula is C13H14F4N2O2. The number of carbonyl (C=O) groups excluding carboxylic acids is 1. The van der Waals surface area contributed by atoms with Gasteiger partial charge in [-0.15, -0.1) is 0 Å². The Balaban J connectivity index is 2.20. The lowest BCUT2D eigenvalue weighted by Crippen LogP contribution is -2.36. The van der Waals surface area contributed by atoms with Crippen LogP contribution >= 0.6 is 0 Å². The lowest BCUT2D eigenvalue weighted by molar-refractivity contribution is -0.140. The summed E-state index contributed by atoms with van der Waals surface area (Å²) in [6, 6.07) is 2.72. The van der Waals surface area contributed by atoms with Gasteiger partial charge in [-0.2, -0.15) is 13.2 Å². The van der Waals surface area contributed by atoms with E-state index < -0.39 is 29.2 Å². The molecular weight excluding hydrogens is 292 g/mol. The second-order valence-electron chi connectivity index (χ2n) is 4.82. The van der Waals surface area contributed by atoms with Gasteiger partial charge in [0.15, 0.2) is 0 Å². The van der Waals surface area contributed by atoms with E-state index in [1.807, 2.05) is 0 Å². The standard InChI is InChI=1S/C13H14F4N2O2/c14-10-2-1-8(7-9(10)13(15,16)17)12(3-4-12)19-11(20)21-6-5-18/h1-2,7H,3-6,18H2,(H,19,20). The molecule has 8 heteroatoms. The van der Waals surface area contributed by atoms with E-state index in [0.717, 1.165) is 12.1 Å². The lowest BCUT2D eigenvalue weighted by Gasteiger charge is -2.19. The third-order valence-electron chi connectivity index (χ3n) is 3.27. The maximum Gasteiger partial charge on any atom is 0.419 e. The number of benzene rings is 1. The monoisotopic (exact) mass is 306 g/mol. The van der Waals surface area contributed by atoms with Gasteiger partial charge in [-0.3, -0.25) is 0 Å². The van der Waals surface area contributed by atoms with Crippen molar-refractivity contribution in [2.45, 2.75) is 24.6 Å². The number of ether oxygens (including phenoxy) is 1. The fourth-order valence-corrected chi connectivity index (χ4v) is 2.03. The molecule has 21 heavy (non-hydrogen) atoms. The van der Waals surface area contributed by atoms with Crippen molar-refractivity contribution in [3.8, 4) is 0 Å². The molecule has 1 saturated carbocycles. The number of alkyl halides is 3. The minimum absolute atomic E-state index is 0.0130. The summed E-state index contributed by atoms with van der Waals surface area (Å²) >= 11 is 0. The summed E-state index contributed by atoms with van der Waals surface area (Å²) in [5, 5.41) is 2.51. The number of carbonyl (C=O) groups is 1. The van der Waals surface area contributed by atoms with Crippen molar-refractivity contribution < 1.29 is 27.1 Å². The second kappa shape index (κ2) is 5.51. The molecule has 0 saturated heterocycles. The van der Waals surface area contributed by atoms with E-state index in [4.69, 9.17) is 10.5 Å². The first-order valence-electron chi connectivity index (χ1n) is 6.31. The molecule has 1 fully saturated rings. The van der Waals surface area contributed by atoms with E-state index in [2.05, 4.69) is 5.32 Å². The first-order chi connectivity index (χ1) is 9.78. The minimum Gasteiger partial charge on any atom is -0.448 e. The van der Waals surface area contributed by atoms with Crippen molar-refractivity contribution in [1.29, 1.82) is 0 Å². The smallest absolute Gasteiger partial charge is 0.419 e. The third-order valence-corrected chi connectivity index (χ3v) is 3.27. The number of nitrogens with one attached hydrogen (secondary N) is 1. The van der Waals surface area contributed by atoms with Crippen LogP contribution in [0.2, 0.25) is 0 Å². The molecule has 0 heterocycles. The molecule has 4 nitrogen and oxygen atoms in total. The van der Waals surface area contributed by atoms with Crippen molar-refractivity contribution >= 4 is 6.09 Å². The number of hydrogen-bond donors (Lipinski definition) is 2. The topological polar surface area (TPSA) is 64.3 Å². The molecule has 0 unspecified atom stereocenters. The van der Waals surface area contributed by atoms with E-state index in [1.165, 1.54) is 6.07 Å². The molecule has 1 aromatic rings. The van der Waals surface area contributed by atoms with Crippen molar-refractivity contribution in [3.63, 3.8) is 0 Å². The van der Waals surface area contributed by atoms with Crippen molar-refractivity contribution in [3.05, 3.63) is 35.1 Å². The zero-order valence-corrected chi connectivity index (χ0v) is 11.0. The summed E-state index contributed by atoms with van der Waals surface area (Å²) < 4.78 is 56.1. The molecule has 116 valence electrons. The molecule has 1 aliphatic carbocycles. The summed E-state index contributed by atoms with van der Waals surface area (Å²) in [5.74, 6) is -1.34. The van der Waals surface area contributed by atoms with Gasteiger partial charge in [0.1, 0.15) is 12.4 Å². The third kappa shape index (κ3) is 3.44. The van der Waals surface area contributed by atoms with Crippen LogP contribution in [0.25, 0.3) is 0 Å². The molecule has 1 aromatic carbocycles. The second-order valence-corrected chi connectivity index (χ2v) is 4.82. The zero-order valence-electron chi connectivity index (χ0n) is 11.0. The van der Waals surface area contributed by atoms with Gasteiger partial charge in [-0.05, 0) is 30.5 Å². The van der Waals surface area contributed by atoms with Gasteiger partial charge in [0.05, 0.1) is 11.1 Å². The Bertz CT molecular complexity index is 541. The Hall–Kier alpha value is -1.83. The Labute approximate surface area is 118 Å². The predicted molar refractivity (Wildman–Crippen MR) is 65.9 cm³/mol. The van der Waals surface area contributed by atoms with E-state index in [-0.39, 0.29) is 18.7 Å². The summed E-state index contributed by atoms with van der Waals surface area (Å²) in [5.41, 5.74) is 3.13. The van der Waals surface area contributed by atoms with Crippen LogP contribution in [0.4, 0.5) is 22.4 Å². The molecule has 0 aliphatic heterocycles. The highest BCUT2D eigenvalue weighted by Gasteiger charge is 2.47. The van der Waals surface area contributed by atoms with Gasteiger partial charge in [0, 0.05) is 6.54 Å². The molecule has 0 spiro atoms. The summed E-state index contributed by atoms with van der Waals surface area (Å²) in [6.07, 6.45) is -4.60. The summed E-state index contributed by atoms with van der Waals surface area (Å²) in [4.78, 5) is 11.5. The molecule has 0 atom stereocenters. The summed E-state index contributed by atoms with van der Waals surface area (Å²) in [6.45, 7) is 0.161. The number of nitrogens with two attached hydrogens (primary N) is 1. The number of halogens is 4. The number of alkyl carbamates (subject to hydrolysis) is 1. The predicted octanol–water partition coefficient (Wildman–Crippen LogP) is 2.52. The van der Waals surface area contributed by atoms with Crippen LogP contribution in [-0.2, 0) is 16.5 Å². The van der Waals surface area contributed by atoms with E-state index in [9.17, 15) is 22.4 Å². The fourth-order valence-electron chi connectivity index (χ4n) is 2.03. The first kappa shape index (κ1) is 15.6. The van der Waals surface area contributed by atoms with E-state index in [1.54, 1.807) is 0 Å². The van der Waals surface area contributed by atoms with Crippen molar-refractivity contribution in [2.75, 3.05) is 13.2 Å². The van der Waals surface area contributed by atoms with Crippen LogP contribution in [0.3, 0.4) is 0 Å². The van der Waals surface area contributed by atoms with Gasteiger partial charge in [-0.25, -0.2) is 9.18 Å². The van der Waals surface area contributed by atoms with Gasteiger partial charge in [0.2, 0.25) is 0 Å². The van der Waals surface area contributed by atoms with Gasteiger partial charge >= 0.3 is 12.3 Å². The molecule has 3 N–H and O–H groups in total. The van der Waals surface area contributed by atoms with Gasteiger partial charge in [0.25, 0.3) is 0 Å². The molecule has 0 radical (unpaired) electrons. The molecule has 0 bridgehead atoms. The average molecular weight is 306 g/mol. The van der Waals surface area contributed by atoms with Crippen molar-refractivity contribution in [2.24, 2.45) is 5.73 Å². The van der Waals surface area contributed by atoms with E-state index >= 15 is 0 Å². The quantitative estimate of drug-likeness (QED) is 0.840. The molecule has 1 aliphatic rings. The zero-order chi connectivity index (χ0) is 15.7. The maximum absolute atomic E-state index is 13.3. The largest absolute Gasteiger partial charge is 0.448 e. The van der Waals surface area contributed by atoms with E-state index in [0.29, 0.717) is 12.8 Å². The summed E-state index contributed by atoms with van der Waals surface area (Å²) in [7, 11) is 0. The Morgan fingerprint density at radius 2 is 2.05 bits per heavy atom. The highest BCUT2D eigenvalue weighted by atomic mass is 19.4.